The molecule has 0 spiro atoms. The van der Waals surface area contributed by atoms with Gasteiger partial charge in [0, 0.05) is 38.3 Å². The third kappa shape index (κ3) is 3.85. The van der Waals surface area contributed by atoms with E-state index in [0.717, 1.165) is 25.6 Å². The van der Waals surface area contributed by atoms with E-state index in [0.29, 0.717) is 19.7 Å². The quantitative estimate of drug-likeness (QED) is 0.769. The van der Waals surface area contributed by atoms with Crippen molar-refractivity contribution in [2.24, 2.45) is 0 Å². The van der Waals surface area contributed by atoms with Gasteiger partial charge < -0.3 is 20.1 Å². The molecule has 0 aromatic heterocycles. The highest BCUT2D eigenvalue weighted by Gasteiger charge is 2.35. The van der Waals surface area contributed by atoms with Crippen molar-refractivity contribution in [1.82, 2.24) is 15.1 Å². The Morgan fingerprint density at radius 2 is 2.00 bits per heavy atom. The Bertz CT molecular complexity index is 413. The highest BCUT2D eigenvalue weighted by molar-refractivity contribution is 5.75. The number of carbonyl (C=O) groups is 2. The number of ether oxygens (including phenoxy) is 1. The van der Waals surface area contributed by atoms with Gasteiger partial charge in [0.05, 0.1) is 19.1 Å². The van der Waals surface area contributed by atoms with Crippen LogP contribution in [0.25, 0.3) is 0 Å². The highest BCUT2D eigenvalue weighted by atomic mass is 16.5. The van der Waals surface area contributed by atoms with Crippen LogP contribution < -0.4 is 5.32 Å². The van der Waals surface area contributed by atoms with Gasteiger partial charge in [-0.2, -0.15) is 0 Å². The minimum atomic E-state index is -0.891. The van der Waals surface area contributed by atoms with Gasteiger partial charge in [0.25, 0.3) is 0 Å². The number of carboxylic acid groups (broad SMARTS) is 1. The number of amides is 2. The summed E-state index contributed by atoms with van der Waals surface area (Å²) >= 11 is 0. The number of carboxylic acids is 1. The molecule has 2 aliphatic heterocycles. The van der Waals surface area contributed by atoms with Gasteiger partial charge >= 0.3 is 12.0 Å². The largest absolute Gasteiger partial charge is 0.481 e. The molecule has 3 fully saturated rings. The van der Waals surface area contributed by atoms with Crippen LogP contribution >= 0.6 is 0 Å². The highest BCUT2D eigenvalue weighted by Crippen LogP contribution is 2.29. The van der Waals surface area contributed by atoms with Crippen LogP contribution in [0.2, 0.25) is 0 Å². The maximum atomic E-state index is 12.3. The van der Waals surface area contributed by atoms with Crippen molar-refractivity contribution in [3.8, 4) is 0 Å². The maximum absolute atomic E-state index is 12.3. The third-order valence-electron chi connectivity index (χ3n) is 4.44. The Labute approximate surface area is 124 Å². The summed E-state index contributed by atoms with van der Waals surface area (Å²) in [5.74, 6) is -0.891. The lowest BCUT2D eigenvalue weighted by Crippen LogP contribution is -2.52. The fraction of sp³-hybridized carbons (Fsp3) is 0.857. The Balaban J connectivity index is 1.45. The van der Waals surface area contributed by atoms with Crippen molar-refractivity contribution >= 4 is 12.0 Å². The Kier molecular flexibility index (Phi) is 4.30. The second-order valence-corrected chi connectivity index (χ2v) is 6.20. The molecular weight excluding hydrogens is 274 g/mol. The average Bonchev–Trinajstić information content (AvgIpc) is 3.19. The van der Waals surface area contributed by atoms with Gasteiger partial charge in [-0.25, -0.2) is 4.79 Å². The van der Waals surface area contributed by atoms with E-state index in [1.54, 1.807) is 4.90 Å². The number of nitrogens with one attached hydrogen (secondary N) is 1. The summed E-state index contributed by atoms with van der Waals surface area (Å²) in [4.78, 5) is 27.1. The zero-order valence-electron chi connectivity index (χ0n) is 12.2. The summed E-state index contributed by atoms with van der Waals surface area (Å²) in [6.45, 7) is 3.31. The van der Waals surface area contributed by atoms with Gasteiger partial charge in [0.2, 0.25) is 0 Å². The van der Waals surface area contributed by atoms with Crippen LogP contribution in [0.4, 0.5) is 4.79 Å². The first-order valence-electron chi connectivity index (χ1n) is 7.74. The average molecular weight is 297 g/mol. The first-order valence-corrected chi connectivity index (χ1v) is 7.74. The van der Waals surface area contributed by atoms with Crippen LogP contribution in [-0.2, 0) is 9.53 Å². The SMILES string of the molecule is O=C(O)CC1CN(C(=O)NC2CCN(C3CC3)C2)CCO1. The molecule has 0 aromatic carbocycles. The van der Waals surface area contributed by atoms with Crippen molar-refractivity contribution in [2.45, 2.75) is 43.9 Å². The first kappa shape index (κ1) is 14.6. The molecular formula is C14H23N3O4. The molecule has 0 aromatic rings. The molecule has 2 N–H and O–H groups in total. The number of hydrogen-bond acceptors (Lipinski definition) is 4. The number of rotatable bonds is 4. The zero-order chi connectivity index (χ0) is 14.8. The number of nitrogens with zero attached hydrogens (tertiary/aromatic N) is 2. The predicted molar refractivity (Wildman–Crippen MR) is 75.1 cm³/mol. The van der Waals surface area contributed by atoms with E-state index in [1.165, 1.54) is 12.8 Å². The molecule has 2 heterocycles. The topological polar surface area (TPSA) is 82.1 Å². The lowest BCUT2D eigenvalue weighted by Gasteiger charge is -2.33. The number of carbonyl (C=O) groups excluding carboxylic acids is 1. The van der Waals surface area contributed by atoms with Crippen LogP contribution in [0.1, 0.15) is 25.7 Å². The molecule has 2 amide bonds. The van der Waals surface area contributed by atoms with Crippen molar-refractivity contribution < 1.29 is 19.4 Å². The van der Waals surface area contributed by atoms with Crippen molar-refractivity contribution in [3.05, 3.63) is 0 Å². The molecule has 1 aliphatic carbocycles. The number of hydrogen-bond donors (Lipinski definition) is 2. The molecule has 21 heavy (non-hydrogen) atoms. The summed E-state index contributed by atoms with van der Waals surface area (Å²) in [5, 5.41) is 11.9. The Hall–Kier alpha value is -1.34. The fourth-order valence-corrected chi connectivity index (χ4v) is 3.16. The minimum absolute atomic E-state index is 0.0529. The summed E-state index contributed by atoms with van der Waals surface area (Å²) in [6, 6.07) is 0.880. The van der Waals surface area contributed by atoms with E-state index in [4.69, 9.17) is 9.84 Å². The summed E-state index contributed by atoms with van der Waals surface area (Å²) in [5.41, 5.74) is 0. The van der Waals surface area contributed by atoms with Gasteiger partial charge in [0.15, 0.2) is 0 Å². The second kappa shape index (κ2) is 6.19. The Morgan fingerprint density at radius 3 is 2.71 bits per heavy atom. The number of likely N-dealkylation sites (tertiary alicyclic amines) is 1. The molecule has 1 saturated carbocycles. The molecule has 3 aliphatic rings. The van der Waals surface area contributed by atoms with Crippen molar-refractivity contribution in [1.29, 1.82) is 0 Å². The van der Waals surface area contributed by atoms with Crippen LogP contribution in [0.3, 0.4) is 0 Å². The normalized spacial score (nSPS) is 30.4. The fourth-order valence-electron chi connectivity index (χ4n) is 3.16. The first-order chi connectivity index (χ1) is 10.1. The van der Waals surface area contributed by atoms with Crippen LogP contribution in [0.15, 0.2) is 0 Å². The predicted octanol–water partition coefficient (Wildman–Crippen LogP) is 0.108. The molecule has 0 radical (unpaired) electrons. The zero-order valence-corrected chi connectivity index (χ0v) is 12.2. The summed E-state index contributed by atoms with van der Waals surface area (Å²) < 4.78 is 5.39. The number of aliphatic carboxylic acids is 1. The molecule has 2 unspecified atom stereocenters. The number of urea groups is 1. The third-order valence-corrected chi connectivity index (χ3v) is 4.44. The van der Waals surface area contributed by atoms with Crippen LogP contribution in [-0.4, -0.2) is 77.9 Å². The maximum Gasteiger partial charge on any atom is 0.317 e. The Morgan fingerprint density at radius 1 is 1.19 bits per heavy atom. The summed E-state index contributed by atoms with van der Waals surface area (Å²) in [6.07, 6.45) is 3.14. The molecule has 118 valence electrons. The molecule has 2 saturated heterocycles. The second-order valence-electron chi connectivity index (χ2n) is 6.20. The van der Waals surface area contributed by atoms with E-state index in [1.807, 2.05) is 0 Å². The lowest BCUT2D eigenvalue weighted by molar-refractivity contribution is -0.141. The van der Waals surface area contributed by atoms with E-state index >= 15 is 0 Å². The van der Waals surface area contributed by atoms with Gasteiger partial charge in [-0.3, -0.25) is 9.69 Å². The standard InChI is InChI=1S/C14H23N3O4/c18-13(19)7-12-9-17(5-6-21-12)14(20)15-10-3-4-16(8-10)11-1-2-11/h10-12H,1-9H2,(H,15,20)(H,18,19). The summed E-state index contributed by atoms with van der Waals surface area (Å²) in [7, 11) is 0. The molecule has 0 bridgehead atoms. The van der Waals surface area contributed by atoms with Crippen molar-refractivity contribution in [2.75, 3.05) is 32.8 Å². The van der Waals surface area contributed by atoms with Crippen molar-refractivity contribution in [3.63, 3.8) is 0 Å². The molecule has 3 rings (SSSR count). The van der Waals surface area contributed by atoms with Gasteiger partial charge in [-0.15, -0.1) is 0 Å². The van der Waals surface area contributed by atoms with E-state index < -0.39 is 12.1 Å². The smallest absolute Gasteiger partial charge is 0.317 e. The molecule has 2 atom stereocenters. The molecule has 7 heteroatoms. The van der Waals surface area contributed by atoms with Gasteiger partial charge in [0.1, 0.15) is 0 Å². The number of morpholine rings is 1. The van der Waals surface area contributed by atoms with Gasteiger partial charge in [-0.05, 0) is 19.3 Å². The lowest BCUT2D eigenvalue weighted by atomic mass is 10.2. The minimum Gasteiger partial charge on any atom is -0.481 e. The molecule has 7 nitrogen and oxygen atoms in total. The monoisotopic (exact) mass is 297 g/mol. The van der Waals surface area contributed by atoms with Gasteiger partial charge in [-0.1, -0.05) is 0 Å². The van der Waals surface area contributed by atoms with Crippen LogP contribution in [0.5, 0.6) is 0 Å². The van der Waals surface area contributed by atoms with Crippen LogP contribution in [0, 0.1) is 0 Å². The van der Waals surface area contributed by atoms with E-state index in [2.05, 4.69) is 10.2 Å². The van der Waals surface area contributed by atoms with E-state index in [9.17, 15) is 9.59 Å². The van der Waals surface area contributed by atoms with E-state index in [-0.39, 0.29) is 18.5 Å².